The molecule has 0 saturated heterocycles. The molecule has 2 N–H and O–H groups in total. The molecule has 1 aliphatic rings. The fraction of sp³-hybridized carbons (Fsp3) is 0.320. The zero-order valence-corrected chi connectivity index (χ0v) is 21.1. The number of hydrogen-bond donors (Lipinski definition) is 2. The van der Waals surface area contributed by atoms with Crippen LogP contribution in [0.2, 0.25) is 0 Å². The molecule has 2 aromatic rings. The normalized spacial score (nSPS) is 14.0. The van der Waals surface area contributed by atoms with Crippen LogP contribution in [0.5, 0.6) is 28.7 Å². The third-order valence-electron chi connectivity index (χ3n) is 5.28. The first-order chi connectivity index (χ1) is 17.3. The molecule has 0 spiro atoms. The monoisotopic (exact) mass is 517 g/mol. The van der Waals surface area contributed by atoms with E-state index in [2.05, 4.69) is 5.32 Å². The lowest BCUT2D eigenvalue weighted by Gasteiger charge is -2.14. The van der Waals surface area contributed by atoms with Crippen molar-refractivity contribution in [3.63, 3.8) is 0 Å². The predicted octanol–water partition coefficient (Wildman–Crippen LogP) is 3.03. The minimum atomic E-state index is -1.10. The van der Waals surface area contributed by atoms with E-state index in [1.165, 1.54) is 57.4 Å². The average Bonchev–Trinajstić information content (AvgIpc) is 3.18. The van der Waals surface area contributed by atoms with Crippen LogP contribution in [0.4, 0.5) is 0 Å². The van der Waals surface area contributed by atoms with Gasteiger partial charge in [0.05, 0.1) is 26.9 Å². The number of methoxy groups -OCH3 is 3. The molecule has 1 heterocycles. The summed E-state index contributed by atoms with van der Waals surface area (Å²) in [6.07, 6.45) is 3.70. The molecule has 2 aromatic carbocycles. The van der Waals surface area contributed by atoms with Gasteiger partial charge >= 0.3 is 5.97 Å². The van der Waals surface area contributed by atoms with Gasteiger partial charge in [0.2, 0.25) is 11.5 Å². The Bertz CT molecular complexity index is 1180. The van der Waals surface area contributed by atoms with E-state index in [0.29, 0.717) is 40.5 Å². The molecule has 11 heteroatoms. The van der Waals surface area contributed by atoms with Gasteiger partial charge in [-0.25, -0.2) is 4.79 Å². The maximum absolute atomic E-state index is 12.9. The number of rotatable bonds is 12. The van der Waals surface area contributed by atoms with Crippen LogP contribution in [0.25, 0.3) is 6.08 Å². The van der Waals surface area contributed by atoms with E-state index in [1.54, 1.807) is 12.1 Å². The Morgan fingerprint density at radius 2 is 1.86 bits per heavy atom. The van der Waals surface area contributed by atoms with Crippen molar-refractivity contribution < 1.29 is 43.2 Å². The van der Waals surface area contributed by atoms with Crippen LogP contribution in [0.3, 0.4) is 0 Å². The van der Waals surface area contributed by atoms with Gasteiger partial charge in [-0.05, 0) is 48.8 Å². The molecule has 0 fully saturated rings. The molecule has 10 nitrogen and oxygen atoms in total. The van der Waals surface area contributed by atoms with E-state index in [0.717, 1.165) is 0 Å². The fourth-order valence-corrected chi connectivity index (χ4v) is 3.99. The quantitative estimate of drug-likeness (QED) is 0.405. The van der Waals surface area contributed by atoms with Gasteiger partial charge in [-0.3, -0.25) is 9.59 Å². The molecular formula is C25H27NO9S. The third-order valence-corrected chi connectivity index (χ3v) is 5.92. The van der Waals surface area contributed by atoms with Crippen molar-refractivity contribution in [2.45, 2.75) is 12.5 Å². The number of Topliss-reactive ketones (excluding diaryl/α,β-unsaturated/α-hetero) is 1. The van der Waals surface area contributed by atoms with E-state index < -0.39 is 17.9 Å². The standard InChI is InChI=1S/C25H27NO9S/c1-31-18-8-5-14(23(32-2)24(18)33-3)11-20-22(28)16-7-6-15(12-19(16)35-20)34-13-21(27)26-17(25(29)30)9-10-36-4/h5-8,11-12,17H,9-10,13H2,1-4H3,(H,26,27)(H,29,30)/t17-/m0/s1. The van der Waals surface area contributed by atoms with Crippen molar-refractivity contribution in [3.05, 3.63) is 47.2 Å². The van der Waals surface area contributed by atoms with Crippen molar-refractivity contribution in [2.75, 3.05) is 39.9 Å². The van der Waals surface area contributed by atoms with Crippen molar-refractivity contribution in [1.29, 1.82) is 0 Å². The molecule has 1 atom stereocenters. The lowest BCUT2D eigenvalue weighted by atomic mass is 10.1. The number of ether oxygens (including phenoxy) is 5. The Labute approximate surface area is 212 Å². The third kappa shape index (κ3) is 6.03. The van der Waals surface area contributed by atoms with Crippen LogP contribution in [0.1, 0.15) is 22.3 Å². The summed E-state index contributed by atoms with van der Waals surface area (Å²) in [6, 6.07) is 6.98. The number of aliphatic carboxylic acids is 1. The van der Waals surface area contributed by atoms with E-state index >= 15 is 0 Å². The predicted molar refractivity (Wildman–Crippen MR) is 134 cm³/mol. The Hall–Kier alpha value is -3.86. The highest BCUT2D eigenvalue weighted by atomic mass is 32.2. The van der Waals surface area contributed by atoms with Gasteiger partial charge in [0.1, 0.15) is 17.5 Å². The van der Waals surface area contributed by atoms with Gasteiger partial charge in [0.25, 0.3) is 5.91 Å². The maximum atomic E-state index is 12.9. The second kappa shape index (κ2) is 12.2. The van der Waals surface area contributed by atoms with Crippen LogP contribution < -0.4 is 29.0 Å². The number of amides is 1. The lowest BCUT2D eigenvalue weighted by molar-refractivity contribution is -0.142. The molecule has 0 aromatic heterocycles. The summed E-state index contributed by atoms with van der Waals surface area (Å²) in [5.41, 5.74) is 0.884. The number of carbonyl (C=O) groups excluding carboxylic acids is 2. The average molecular weight is 518 g/mol. The van der Waals surface area contributed by atoms with E-state index in [9.17, 15) is 19.5 Å². The molecule has 36 heavy (non-hydrogen) atoms. The van der Waals surface area contributed by atoms with E-state index in [-0.39, 0.29) is 29.6 Å². The minimum absolute atomic E-state index is 0.0727. The highest BCUT2D eigenvalue weighted by Gasteiger charge is 2.29. The van der Waals surface area contributed by atoms with Crippen LogP contribution in [0, 0.1) is 0 Å². The summed E-state index contributed by atoms with van der Waals surface area (Å²) in [6.45, 7) is -0.388. The molecule has 0 unspecified atom stereocenters. The van der Waals surface area contributed by atoms with Crippen molar-refractivity contribution in [1.82, 2.24) is 5.32 Å². The lowest BCUT2D eigenvalue weighted by Crippen LogP contribution is -2.43. The number of allylic oxidation sites excluding steroid dienone is 1. The molecule has 0 bridgehead atoms. The highest BCUT2D eigenvalue weighted by Crippen LogP contribution is 2.42. The molecular weight excluding hydrogens is 490 g/mol. The number of carboxylic acid groups (broad SMARTS) is 1. The van der Waals surface area contributed by atoms with Gasteiger partial charge in [0.15, 0.2) is 23.9 Å². The summed E-state index contributed by atoms with van der Waals surface area (Å²) in [7, 11) is 4.47. The van der Waals surface area contributed by atoms with E-state index in [4.69, 9.17) is 23.7 Å². The van der Waals surface area contributed by atoms with Crippen LogP contribution in [-0.4, -0.2) is 68.8 Å². The molecule has 192 valence electrons. The summed E-state index contributed by atoms with van der Waals surface area (Å²) < 4.78 is 27.4. The molecule has 0 aliphatic carbocycles. The first-order valence-corrected chi connectivity index (χ1v) is 12.2. The second-order valence-electron chi connectivity index (χ2n) is 7.55. The first-order valence-electron chi connectivity index (χ1n) is 10.8. The summed E-state index contributed by atoms with van der Waals surface area (Å²) in [4.78, 5) is 36.3. The number of nitrogens with one attached hydrogen (secondary N) is 1. The first kappa shape index (κ1) is 26.7. The molecule has 0 saturated carbocycles. The zero-order chi connectivity index (χ0) is 26.2. The topological polar surface area (TPSA) is 130 Å². The maximum Gasteiger partial charge on any atom is 0.326 e. The summed E-state index contributed by atoms with van der Waals surface area (Å²) in [5, 5.41) is 11.7. The molecule has 3 rings (SSSR count). The Kier molecular flexibility index (Phi) is 9.07. The minimum Gasteiger partial charge on any atom is -0.493 e. The van der Waals surface area contributed by atoms with Crippen LogP contribution >= 0.6 is 11.8 Å². The number of hydrogen-bond acceptors (Lipinski definition) is 9. The molecule has 0 radical (unpaired) electrons. The second-order valence-corrected chi connectivity index (χ2v) is 8.54. The molecule has 1 aliphatic heterocycles. The number of carboxylic acids is 1. The van der Waals surface area contributed by atoms with Gasteiger partial charge in [0, 0.05) is 11.6 Å². The number of benzene rings is 2. The van der Waals surface area contributed by atoms with Crippen molar-refractivity contribution in [3.8, 4) is 28.7 Å². The smallest absolute Gasteiger partial charge is 0.326 e. The van der Waals surface area contributed by atoms with Crippen LogP contribution in [0.15, 0.2) is 36.1 Å². The van der Waals surface area contributed by atoms with Gasteiger partial charge < -0.3 is 34.1 Å². The summed E-state index contributed by atoms with van der Waals surface area (Å²) in [5.74, 6) is 0.461. The Morgan fingerprint density at radius 1 is 1.11 bits per heavy atom. The highest BCUT2D eigenvalue weighted by molar-refractivity contribution is 7.98. The van der Waals surface area contributed by atoms with Crippen LogP contribution in [-0.2, 0) is 9.59 Å². The largest absolute Gasteiger partial charge is 0.493 e. The number of thioether (sulfide) groups is 1. The Morgan fingerprint density at radius 3 is 2.50 bits per heavy atom. The van der Waals surface area contributed by atoms with Gasteiger partial charge in [-0.2, -0.15) is 11.8 Å². The number of ketones is 1. The SMILES string of the molecule is COc1ccc(C=C2Oc3cc(OCC(=O)N[C@@H](CCSC)C(=O)O)ccc3C2=O)c(OC)c1OC. The van der Waals surface area contributed by atoms with E-state index in [1.807, 2.05) is 6.26 Å². The van der Waals surface area contributed by atoms with Crippen molar-refractivity contribution >= 4 is 35.5 Å². The summed E-state index contributed by atoms with van der Waals surface area (Å²) >= 11 is 1.49. The van der Waals surface area contributed by atoms with Gasteiger partial charge in [-0.1, -0.05) is 0 Å². The van der Waals surface area contributed by atoms with Crippen molar-refractivity contribution in [2.24, 2.45) is 0 Å². The number of carbonyl (C=O) groups is 3. The molecule has 1 amide bonds. The fourth-order valence-electron chi connectivity index (χ4n) is 3.51. The number of fused-ring (bicyclic) bond motifs is 1. The van der Waals surface area contributed by atoms with Gasteiger partial charge in [-0.15, -0.1) is 0 Å². The Balaban J connectivity index is 1.72. The zero-order valence-electron chi connectivity index (χ0n) is 20.3.